The molecule has 0 radical (unpaired) electrons. The summed E-state index contributed by atoms with van der Waals surface area (Å²) in [6, 6.07) is 32.5. The SMILES string of the molecule is CC(C)(C)c1ccc2c3ccccc3n(-c3cc(C(F)(F)F)cc(-n4c5ccccc5c5ccc(C(C)(C)C)cc54)c3-c3c(F)cccc3F)c2c1. The third-order valence-electron chi connectivity index (χ3n) is 10.2. The van der Waals surface area contributed by atoms with E-state index >= 15 is 22.0 Å². The Hall–Kier alpha value is -5.43. The van der Waals surface area contributed by atoms with Crippen molar-refractivity contribution in [3.05, 3.63) is 144 Å². The van der Waals surface area contributed by atoms with Gasteiger partial charge >= 0.3 is 6.18 Å². The number of rotatable bonds is 3. The summed E-state index contributed by atoms with van der Waals surface area (Å²) in [5, 5.41) is 3.25. The number of para-hydroxylation sites is 2. The molecular weight excluding hydrogens is 663 g/mol. The highest BCUT2D eigenvalue weighted by Gasteiger charge is 2.35. The molecule has 6 aromatic carbocycles. The number of aromatic nitrogens is 2. The smallest absolute Gasteiger partial charge is 0.309 e. The number of hydrogen-bond acceptors (Lipinski definition) is 0. The van der Waals surface area contributed by atoms with Crippen LogP contribution in [0.1, 0.15) is 58.2 Å². The van der Waals surface area contributed by atoms with Crippen LogP contribution in [0.3, 0.4) is 0 Å². The fraction of sp³-hybridized carbons (Fsp3) is 0.200. The van der Waals surface area contributed by atoms with Crippen LogP contribution in [0.15, 0.2) is 115 Å². The number of nitrogens with zero attached hydrogens (tertiary/aromatic N) is 2. The second kappa shape index (κ2) is 11.5. The molecule has 0 atom stereocenters. The van der Waals surface area contributed by atoms with Gasteiger partial charge in [-0.2, -0.15) is 13.2 Å². The molecule has 0 amide bonds. The molecule has 0 aliphatic rings. The third kappa shape index (κ3) is 5.28. The van der Waals surface area contributed by atoms with Crippen molar-refractivity contribution in [3.63, 3.8) is 0 Å². The molecule has 2 heterocycles. The average molecular weight is 701 g/mol. The van der Waals surface area contributed by atoms with E-state index in [1.807, 2.05) is 84.9 Å². The van der Waals surface area contributed by atoms with Crippen LogP contribution >= 0.6 is 0 Å². The largest absolute Gasteiger partial charge is 0.416 e. The maximum absolute atomic E-state index is 16.3. The Bertz CT molecular complexity index is 2540. The number of hydrogen-bond donors (Lipinski definition) is 0. The van der Waals surface area contributed by atoms with Crippen LogP contribution in [0.5, 0.6) is 0 Å². The predicted molar refractivity (Wildman–Crippen MR) is 203 cm³/mol. The Morgan fingerprint density at radius 3 is 1.21 bits per heavy atom. The van der Waals surface area contributed by atoms with Gasteiger partial charge in [0.25, 0.3) is 0 Å². The number of fused-ring (bicyclic) bond motifs is 6. The molecule has 2 aromatic heterocycles. The Kier molecular flexibility index (Phi) is 7.48. The van der Waals surface area contributed by atoms with E-state index in [2.05, 4.69) is 41.5 Å². The zero-order valence-corrected chi connectivity index (χ0v) is 29.8. The van der Waals surface area contributed by atoms with E-state index in [-0.39, 0.29) is 27.8 Å². The Morgan fingerprint density at radius 2 is 0.808 bits per heavy atom. The lowest BCUT2D eigenvalue weighted by Gasteiger charge is -2.24. The third-order valence-corrected chi connectivity index (χ3v) is 10.2. The summed E-state index contributed by atoms with van der Waals surface area (Å²) < 4.78 is 81.9. The van der Waals surface area contributed by atoms with E-state index < -0.39 is 28.9 Å². The second-order valence-electron chi connectivity index (χ2n) is 15.7. The monoisotopic (exact) mass is 700 g/mol. The molecule has 0 saturated carbocycles. The summed E-state index contributed by atoms with van der Waals surface area (Å²) in [5.74, 6) is -1.76. The van der Waals surface area contributed by atoms with Crippen molar-refractivity contribution >= 4 is 43.6 Å². The maximum atomic E-state index is 16.3. The molecule has 0 spiro atoms. The maximum Gasteiger partial charge on any atom is 0.416 e. The molecule has 2 nitrogen and oxygen atoms in total. The molecule has 52 heavy (non-hydrogen) atoms. The minimum Gasteiger partial charge on any atom is -0.309 e. The van der Waals surface area contributed by atoms with Gasteiger partial charge in [0.2, 0.25) is 0 Å². The molecule has 0 fully saturated rings. The van der Waals surface area contributed by atoms with Gasteiger partial charge in [-0.25, -0.2) is 8.78 Å². The summed E-state index contributed by atoms with van der Waals surface area (Å²) in [6.07, 6.45) is -4.79. The molecule has 8 aromatic rings. The zero-order chi connectivity index (χ0) is 36.9. The van der Waals surface area contributed by atoms with Crippen molar-refractivity contribution in [1.82, 2.24) is 9.13 Å². The molecule has 0 bridgehead atoms. The second-order valence-corrected chi connectivity index (χ2v) is 15.7. The van der Waals surface area contributed by atoms with E-state index in [0.717, 1.165) is 56.9 Å². The minimum atomic E-state index is -4.79. The van der Waals surface area contributed by atoms with Crippen molar-refractivity contribution in [3.8, 4) is 22.5 Å². The number of alkyl halides is 3. The summed E-state index contributed by atoms with van der Waals surface area (Å²) in [6.45, 7) is 12.4. The standard InChI is InChI=1S/C45H37F5N2/c1-43(2,3)26-18-20-31-29-12-7-9-16-35(29)51(37(31)22-26)39-24-28(45(48,49)50)25-40(42(39)41-33(46)14-11-15-34(41)47)52-36-17-10-8-13-30(36)32-21-19-27(23-38(32)52)44(4,5)6/h7-25H,1-6H3. The van der Waals surface area contributed by atoms with Crippen molar-refractivity contribution in [1.29, 1.82) is 0 Å². The first-order chi connectivity index (χ1) is 24.5. The van der Waals surface area contributed by atoms with Crippen LogP contribution in [0.2, 0.25) is 0 Å². The van der Waals surface area contributed by atoms with Gasteiger partial charge in [0, 0.05) is 27.1 Å². The van der Waals surface area contributed by atoms with Gasteiger partial charge in [0.15, 0.2) is 0 Å². The van der Waals surface area contributed by atoms with Gasteiger partial charge in [-0.1, -0.05) is 108 Å². The van der Waals surface area contributed by atoms with Gasteiger partial charge < -0.3 is 9.13 Å². The fourth-order valence-electron chi connectivity index (χ4n) is 7.51. The van der Waals surface area contributed by atoms with E-state index in [1.165, 1.54) is 6.07 Å². The molecule has 7 heteroatoms. The van der Waals surface area contributed by atoms with E-state index in [1.54, 1.807) is 9.13 Å². The van der Waals surface area contributed by atoms with E-state index in [0.29, 0.717) is 22.1 Å². The van der Waals surface area contributed by atoms with Gasteiger partial charge in [0.05, 0.1) is 44.6 Å². The minimum absolute atomic E-state index is 0.0104. The summed E-state index contributed by atoms with van der Waals surface area (Å²) in [4.78, 5) is 0. The van der Waals surface area contributed by atoms with E-state index in [4.69, 9.17) is 0 Å². The molecule has 0 aliphatic heterocycles. The van der Waals surface area contributed by atoms with Crippen molar-refractivity contribution in [2.24, 2.45) is 0 Å². The lowest BCUT2D eigenvalue weighted by Crippen LogP contribution is -2.13. The van der Waals surface area contributed by atoms with Gasteiger partial charge in [-0.3, -0.25) is 0 Å². The van der Waals surface area contributed by atoms with Crippen molar-refractivity contribution in [2.45, 2.75) is 58.5 Å². The first-order valence-corrected chi connectivity index (χ1v) is 17.3. The normalized spacial score (nSPS) is 12.9. The highest BCUT2D eigenvalue weighted by atomic mass is 19.4. The van der Waals surface area contributed by atoms with Crippen LogP contribution in [0.25, 0.3) is 66.1 Å². The van der Waals surface area contributed by atoms with Gasteiger partial charge in [0.1, 0.15) is 11.6 Å². The molecule has 262 valence electrons. The zero-order valence-electron chi connectivity index (χ0n) is 29.8. The van der Waals surface area contributed by atoms with Crippen LogP contribution in [-0.4, -0.2) is 9.13 Å². The van der Waals surface area contributed by atoms with Crippen LogP contribution < -0.4 is 0 Å². The molecule has 8 rings (SSSR count). The molecule has 0 saturated heterocycles. The summed E-state index contributed by atoms with van der Waals surface area (Å²) in [7, 11) is 0. The molecule has 0 aliphatic carbocycles. The van der Waals surface area contributed by atoms with Crippen molar-refractivity contribution in [2.75, 3.05) is 0 Å². The van der Waals surface area contributed by atoms with Crippen LogP contribution in [0, 0.1) is 11.6 Å². The number of benzene rings is 6. The van der Waals surface area contributed by atoms with E-state index in [9.17, 15) is 0 Å². The summed E-state index contributed by atoms with van der Waals surface area (Å²) >= 11 is 0. The Labute approximate surface area is 298 Å². The van der Waals surface area contributed by atoms with Gasteiger partial charge in [-0.15, -0.1) is 0 Å². The Morgan fingerprint density at radius 1 is 0.404 bits per heavy atom. The highest BCUT2D eigenvalue weighted by molar-refractivity contribution is 6.12. The van der Waals surface area contributed by atoms with Crippen molar-refractivity contribution < 1.29 is 22.0 Å². The average Bonchev–Trinajstić information content (AvgIpc) is 3.59. The van der Waals surface area contributed by atoms with Gasteiger partial charge in [-0.05, 0) is 70.5 Å². The first-order valence-electron chi connectivity index (χ1n) is 17.3. The van der Waals surface area contributed by atoms with Crippen LogP contribution in [0.4, 0.5) is 22.0 Å². The Balaban J connectivity index is 1.65. The topological polar surface area (TPSA) is 9.86 Å². The lowest BCUT2D eigenvalue weighted by molar-refractivity contribution is -0.137. The summed E-state index contributed by atoms with van der Waals surface area (Å²) in [5.41, 5.74) is 2.55. The lowest BCUT2D eigenvalue weighted by atomic mass is 9.86. The molecule has 0 N–H and O–H groups in total. The predicted octanol–water partition coefficient (Wildman–Crippen LogP) is 13.4. The van der Waals surface area contributed by atoms with Crippen LogP contribution in [-0.2, 0) is 17.0 Å². The fourth-order valence-corrected chi connectivity index (χ4v) is 7.51. The molecule has 0 unspecified atom stereocenters. The molecular formula is C45H37F5N2. The number of halogens is 5. The highest BCUT2D eigenvalue weighted by Crippen LogP contribution is 2.47. The quantitative estimate of drug-likeness (QED) is 0.162. The first kappa shape index (κ1) is 33.7.